The van der Waals surface area contributed by atoms with Crippen LogP contribution >= 0.6 is 0 Å². The van der Waals surface area contributed by atoms with Gasteiger partial charge in [0, 0.05) is 30.0 Å². The summed E-state index contributed by atoms with van der Waals surface area (Å²) in [6.07, 6.45) is -0.994. The van der Waals surface area contributed by atoms with Gasteiger partial charge in [0.2, 0.25) is 5.91 Å². The lowest BCUT2D eigenvalue weighted by Crippen LogP contribution is -2.38. The van der Waals surface area contributed by atoms with Crippen LogP contribution in [0.4, 0.5) is 10.1 Å². The molecule has 8 N–H and O–H groups in total. The van der Waals surface area contributed by atoms with E-state index < -0.39 is 30.0 Å². The third kappa shape index (κ3) is 10.8. The number of aliphatic imine (C=N–C) groups is 1. The Hall–Kier alpha value is -5.33. The van der Waals surface area contributed by atoms with Crippen molar-refractivity contribution in [3.8, 4) is 22.4 Å². The number of carbonyl (C=O) groups excluding carboxylic acids is 3. The molecule has 0 saturated heterocycles. The Morgan fingerprint density at radius 2 is 1.55 bits per heavy atom. The van der Waals surface area contributed by atoms with Crippen molar-refractivity contribution in [2.45, 2.75) is 76.7 Å². The highest BCUT2D eigenvalue weighted by Gasteiger charge is 2.31. The summed E-state index contributed by atoms with van der Waals surface area (Å²) in [5.41, 5.74) is 15.3. The molecule has 4 rings (SSSR count). The number of rotatable bonds is 18. The van der Waals surface area contributed by atoms with Crippen LogP contribution in [0.3, 0.4) is 0 Å². The second kappa shape index (κ2) is 18.6. The molecule has 0 radical (unpaired) electrons. The number of aliphatic hydroxyl groups is 2. The van der Waals surface area contributed by atoms with E-state index in [1.165, 1.54) is 12.1 Å². The van der Waals surface area contributed by atoms with Crippen molar-refractivity contribution in [1.29, 1.82) is 0 Å². The second-order valence-corrected chi connectivity index (χ2v) is 12.8. The predicted octanol–water partition coefficient (Wildman–Crippen LogP) is 4.97. The summed E-state index contributed by atoms with van der Waals surface area (Å²) in [5, 5.41) is 27.5. The summed E-state index contributed by atoms with van der Waals surface area (Å²) in [6, 6.07) is 24.0. The first-order valence-corrected chi connectivity index (χ1v) is 17.1. The molecule has 0 unspecified atom stereocenters. The lowest BCUT2D eigenvalue weighted by molar-refractivity contribution is -0.126. The lowest BCUT2D eigenvalue weighted by atomic mass is 9.94. The SMILES string of the molecule is CC(C)c1c(C(=O)Nc2ccccc2)c(-c2ccccc2)c(-c2ccc(F)cc2)n1CC[C@@H](O)C[C@@H](O)CC(=O)N[C@@H](C=O)CCCN=C(N)N. The number of anilines is 1. The summed E-state index contributed by atoms with van der Waals surface area (Å²) >= 11 is 0. The molecule has 0 aliphatic carbocycles. The summed E-state index contributed by atoms with van der Waals surface area (Å²) in [6.45, 7) is 4.54. The fourth-order valence-electron chi connectivity index (χ4n) is 6.17. The molecule has 51 heavy (non-hydrogen) atoms. The van der Waals surface area contributed by atoms with Gasteiger partial charge in [-0.1, -0.05) is 62.4 Å². The van der Waals surface area contributed by atoms with E-state index in [4.69, 9.17) is 11.5 Å². The molecule has 3 aromatic carbocycles. The molecule has 4 aromatic rings. The Kier molecular flexibility index (Phi) is 14.0. The van der Waals surface area contributed by atoms with Crippen LogP contribution in [0.25, 0.3) is 22.4 Å². The van der Waals surface area contributed by atoms with Crippen LogP contribution in [0.1, 0.15) is 67.9 Å². The van der Waals surface area contributed by atoms with E-state index in [1.54, 1.807) is 12.1 Å². The van der Waals surface area contributed by atoms with Gasteiger partial charge >= 0.3 is 0 Å². The molecule has 1 aromatic heterocycles. The smallest absolute Gasteiger partial charge is 0.258 e. The number of halogens is 1. The molecule has 12 heteroatoms. The van der Waals surface area contributed by atoms with E-state index in [2.05, 4.69) is 15.6 Å². The first kappa shape index (κ1) is 38.5. The van der Waals surface area contributed by atoms with Gasteiger partial charge in [0.15, 0.2) is 5.96 Å². The minimum Gasteiger partial charge on any atom is -0.393 e. The van der Waals surface area contributed by atoms with Gasteiger partial charge < -0.3 is 41.7 Å². The number of nitrogens with one attached hydrogen (secondary N) is 2. The number of para-hydroxylation sites is 1. The van der Waals surface area contributed by atoms with E-state index in [-0.39, 0.29) is 43.6 Å². The second-order valence-electron chi connectivity index (χ2n) is 12.8. The number of carbonyl (C=O) groups is 3. The zero-order chi connectivity index (χ0) is 36.9. The number of hydrogen-bond donors (Lipinski definition) is 6. The van der Waals surface area contributed by atoms with Crippen molar-refractivity contribution >= 4 is 29.7 Å². The highest BCUT2D eigenvalue weighted by atomic mass is 19.1. The number of benzene rings is 3. The molecular formula is C39H47FN6O5. The van der Waals surface area contributed by atoms with Gasteiger partial charge in [-0.25, -0.2) is 4.39 Å². The van der Waals surface area contributed by atoms with Gasteiger partial charge in [-0.15, -0.1) is 0 Å². The molecule has 0 spiro atoms. The number of aromatic nitrogens is 1. The van der Waals surface area contributed by atoms with Crippen LogP contribution in [-0.4, -0.2) is 63.6 Å². The maximum absolute atomic E-state index is 14.2. The van der Waals surface area contributed by atoms with E-state index in [1.807, 2.05) is 79.1 Å². The fraction of sp³-hybridized carbons (Fsp3) is 0.333. The van der Waals surface area contributed by atoms with E-state index in [0.29, 0.717) is 53.7 Å². The Balaban J connectivity index is 1.61. The zero-order valence-corrected chi connectivity index (χ0v) is 29.0. The van der Waals surface area contributed by atoms with E-state index in [9.17, 15) is 29.0 Å². The van der Waals surface area contributed by atoms with Crippen molar-refractivity contribution in [3.05, 3.63) is 102 Å². The van der Waals surface area contributed by atoms with Crippen molar-refractivity contribution in [3.63, 3.8) is 0 Å². The van der Waals surface area contributed by atoms with Gasteiger partial charge in [-0.2, -0.15) is 0 Å². The van der Waals surface area contributed by atoms with Crippen LogP contribution in [0, 0.1) is 5.82 Å². The van der Waals surface area contributed by atoms with Gasteiger partial charge in [0.1, 0.15) is 12.1 Å². The average molecular weight is 699 g/mol. The van der Waals surface area contributed by atoms with Gasteiger partial charge in [0.25, 0.3) is 5.91 Å². The minimum atomic E-state index is -1.17. The van der Waals surface area contributed by atoms with Crippen LogP contribution in [0.2, 0.25) is 0 Å². The standard InChI is InChI=1S/C39H47FN6O5/c1-25(2)36-35(38(51)45-29-12-7-4-8-13-29)34(26-10-5-3-6-11-26)37(27-15-17-28(40)18-16-27)46(36)21-19-31(48)22-32(49)23-33(50)44-30(24-47)14-9-20-43-39(41)42/h3-8,10-13,15-18,24-25,30-32,48-49H,9,14,19-23H2,1-2H3,(H,44,50)(H,45,51)(H4,41,42,43)/t30-,31-,32-/m1/s1. The predicted molar refractivity (Wildman–Crippen MR) is 198 cm³/mol. The van der Waals surface area contributed by atoms with Crippen molar-refractivity contribution in [2.24, 2.45) is 16.5 Å². The van der Waals surface area contributed by atoms with Gasteiger partial charge in [-0.05, 0) is 79.1 Å². The number of aliphatic hydroxyl groups excluding tert-OH is 2. The highest BCUT2D eigenvalue weighted by Crippen LogP contribution is 2.42. The zero-order valence-electron chi connectivity index (χ0n) is 29.0. The lowest BCUT2D eigenvalue weighted by Gasteiger charge is -2.21. The van der Waals surface area contributed by atoms with E-state index in [0.717, 1.165) is 11.3 Å². The molecule has 0 saturated carbocycles. The number of aldehydes is 1. The van der Waals surface area contributed by atoms with Gasteiger partial charge in [-0.3, -0.25) is 14.6 Å². The maximum atomic E-state index is 14.2. The summed E-state index contributed by atoms with van der Waals surface area (Å²) in [5.74, 6) is -1.44. The van der Waals surface area contributed by atoms with Crippen molar-refractivity contribution < 1.29 is 29.0 Å². The molecule has 1 heterocycles. The monoisotopic (exact) mass is 698 g/mol. The molecule has 270 valence electrons. The van der Waals surface area contributed by atoms with E-state index >= 15 is 0 Å². The molecule has 0 bridgehead atoms. The average Bonchev–Trinajstić information content (AvgIpc) is 3.45. The van der Waals surface area contributed by atoms with Crippen LogP contribution in [0.15, 0.2) is 89.9 Å². The number of nitrogens with two attached hydrogens (primary N) is 2. The van der Waals surface area contributed by atoms with Crippen LogP contribution < -0.4 is 22.1 Å². The molecule has 0 aliphatic rings. The molecule has 0 fully saturated rings. The molecule has 3 atom stereocenters. The first-order chi connectivity index (χ1) is 24.5. The number of nitrogens with zero attached hydrogens (tertiary/aromatic N) is 2. The number of amides is 2. The highest BCUT2D eigenvalue weighted by molar-refractivity contribution is 6.12. The Labute approximate surface area is 297 Å². The van der Waals surface area contributed by atoms with Crippen LogP contribution in [0.5, 0.6) is 0 Å². The third-order valence-corrected chi connectivity index (χ3v) is 8.42. The maximum Gasteiger partial charge on any atom is 0.258 e. The summed E-state index contributed by atoms with van der Waals surface area (Å²) < 4.78 is 16.2. The van der Waals surface area contributed by atoms with Gasteiger partial charge in [0.05, 0.1) is 35.9 Å². The fourth-order valence-corrected chi connectivity index (χ4v) is 6.17. The molecule has 11 nitrogen and oxygen atoms in total. The van der Waals surface area contributed by atoms with Crippen molar-refractivity contribution in [2.75, 3.05) is 11.9 Å². The van der Waals surface area contributed by atoms with Crippen LogP contribution in [-0.2, 0) is 16.1 Å². The molecular weight excluding hydrogens is 651 g/mol. The van der Waals surface area contributed by atoms with Crippen molar-refractivity contribution in [1.82, 2.24) is 9.88 Å². The Bertz CT molecular complexity index is 1770. The molecule has 0 aliphatic heterocycles. The largest absolute Gasteiger partial charge is 0.393 e. The topological polar surface area (TPSA) is 185 Å². The molecule has 2 amide bonds. The minimum absolute atomic E-state index is 0.0575. The Morgan fingerprint density at radius 3 is 2.16 bits per heavy atom. The number of guanidine groups is 1. The summed E-state index contributed by atoms with van der Waals surface area (Å²) in [7, 11) is 0. The first-order valence-electron chi connectivity index (χ1n) is 17.1. The Morgan fingerprint density at radius 1 is 0.902 bits per heavy atom. The third-order valence-electron chi connectivity index (χ3n) is 8.42. The normalized spacial score (nSPS) is 12.9. The number of hydrogen-bond acceptors (Lipinski definition) is 6. The summed E-state index contributed by atoms with van der Waals surface area (Å²) in [4.78, 5) is 42.2. The quantitative estimate of drug-likeness (QED) is 0.0367.